The summed E-state index contributed by atoms with van der Waals surface area (Å²) in [5.74, 6) is -0.00295. The van der Waals surface area contributed by atoms with Crippen LogP contribution in [-0.4, -0.2) is 14.2 Å². The summed E-state index contributed by atoms with van der Waals surface area (Å²) in [5.41, 5.74) is 0.548. The SMILES string of the molecule is O=S(=O)(Cc1ccc(F)c(Cl)c1)CC1CC1. The van der Waals surface area contributed by atoms with Crippen molar-refractivity contribution in [1.82, 2.24) is 0 Å². The zero-order valence-corrected chi connectivity index (χ0v) is 10.2. The Bertz CT molecular complexity index is 495. The molecule has 0 bridgehead atoms. The Balaban J connectivity index is 2.10. The minimum Gasteiger partial charge on any atom is -0.228 e. The van der Waals surface area contributed by atoms with Crippen LogP contribution in [0.2, 0.25) is 5.02 Å². The molecule has 0 N–H and O–H groups in total. The van der Waals surface area contributed by atoms with Crippen molar-refractivity contribution in [2.75, 3.05) is 5.75 Å². The molecule has 0 atom stereocenters. The first-order chi connectivity index (χ1) is 7.46. The van der Waals surface area contributed by atoms with Gasteiger partial charge in [0.25, 0.3) is 0 Å². The van der Waals surface area contributed by atoms with Crippen LogP contribution in [0.15, 0.2) is 18.2 Å². The maximum absolute atomic E-state index is 12.9. The van der Waals surface area contributed by atoms with Crippen LogP contribution in [0, 0.1) is 11.7 Å². The van der Waals surface area contributed by atoms with E-state index in [1.54, 1.807) is 0 Å². The van der Waals surface area contributed by atoms with E-state index in [1.165, 1.54) is 18.2 Å². The molecule has 0 unspecified atom stereocenters. The first-order valence-electron chi connectivity index (χ1n) is 5.10. The van der Waals surface area contributed by atoms with Crippen LogP contribution in [-0.2, 0) is 15.6 Å². The molecule has 5 heteroatoms. The Morgan fingerprint density at radius 1 is 1.38 bits per heavy atom. The normalized spacial score (nSPS) is 16.4. The molecule has 1 aromatic rings. The van der Waals surface area contributed by atoms with Crippen molar-refractivity contribution in [2.24, 2.45) is 5.92 Å². The molecule has 0 radical (unpaired) electrons. The lowest BCUT2D eigenvalue weighted by atomic mass is 10.2. The molecule has 2 nitrogen and oxygen atoms in total. The van der Waals surface area contributed by atoms with Gasteiger partial charge < -0.3 is 0 Å². The van der Waals surface area contributed by atoms with Crippen molar-refractivity contribution >= 4 is 21.4 Å². The predicted molar refractivity (Wildman–Crippen MR) is 61.6 cm³/mol. The van der Waals surface area contributed by atoms with Crippen molar-refractivity contribution in [2.45, 2.75) is 18.6 Å². The Kier molecular flexibility index (Phi) is 3.22. The highest BCUT2D eigenvalue weighted by molar-refractivity contribution is 7.90. The number of sulfone groups is 1. The lowest BCUT2D eigenvalue weighted by molar-refractivity contribution is 0.591. The van der Waals surface area contributed by atoms with Crippen LogP contribution in [0.25, 0.3) is 0 Å². The van der Waals surface area contributed by atoms with E-state index in [0.29, 0.717) is 11.5 Å². The third kappa shape index (κ3) is 3.19. The summed E-state index contributed by atoms with van der Waals surface area (Å²) in [5, 5.41) is -0.0286. The molecular formula is C11H12ClFO2S. The molecule has 16 heavy (non-hydrogen) atoms. The minimum absolute atomic E-state index is 0.0286. The van der Waals surface area contributed by atoms with Gasteiger partial charge in [0.15, 0.2) is 9.84 Å². The van der Waals surface area contributed by atoms with Crippen molar-refractivity contribution in [3.05, 3.63) is 34.6 Å². The summed E-state index contributed by atoms with van der Waals surface area (Å²) in [7, 11) is -3.08. The number of hydrogen-bond donors (Lipinski definition) is 0. The molecule has 0 heterocycles. The van der Waals surface area contributed by atoms with Crippen molar-refractivity contribution in [3.8, 4) is 0 Å². The maximum Gasteiger partial charge on any atom is 0.154 e. The largest absolute Gasteiger partial charge is 0.228 e. The van der Waals surface area contributed by atoms with Gasteiger partial charge in [-0.2, -0.15) is 0 Å². The second-order valence-electron chi connectivity index (χ2n) is 4.25. The molecule has 1 aliphatic carbocycles. The fourth-order valence-corrected chi connectivity index (χ4v) is 3.65. The van der Waals surface area contributed by atoms with Crippen LogP contribution in [0.3, 0.4) is 0 Å². The summed E-state index contributed by atoms with van der Waals surface area (Å²) in [4.78, 5) is 0. The molecule has 88 valence electrons. The van der Waals surface area contributed by atoms with E-state index >= 15 is 0 Å². The minimum atomic E-state index is -3.08. The van der Waals surface area contributed by atoms with E-state index in [9.17, 15) is 12.8 Å². The summed E-state index contributed by atoms with van der Waals surface area (Å²) in [6, 6.07) is 4.04. The van der Waals surface area contributed by atoms with Crippen LogP contribution in [0.1, 0.15) is 18.4 Å². The van der Waals surface area contributed by atoms with E-state index in [2.05, 4.69) is 0 Å². The number of halogens is 2. The van der Waals surface area contributed by atoms with Gasteiger partial charge in [-0.15, -0.1) is 0 Å². The van der Waals surface area contributed by atoms with Gasteiger partial charge in [0, 0.05) is 0 Å². The molecule has 0 spiro atoms. The molecule has 2 rings (SSSR count). The van der Waals surface area contributed by atoms with Crippen molar-refractivity contribution in [3.63, 3.8) is 0 Å². The van der Waals surface area contributed by atoms with E-state index in [0.717, 1.165) is 12.8 Å². The Hall–Kier alpha value is -0.610. The van der Waals surface area contributed by atoms with E-state index in [-0.39, 0.29) is 16.5 Å². The van der Waals surface area contributed by atoms with Gasteiger partial charge in [0.05, 0.1) is 16.5 Å². The fraction of sp³-hybridized carbons (Fsp3) is 0.455. The van der Waals surface area contributed by atoms with Crippen molar-refractivity contribution in [1.29, 1.82) is 0 Å². The van der Waals surface area contributed by atoms with E-state index < -0.39 is 15.7 Å². The Labute approximate surface area is 99.3 Å². The van der Waals surface area contributed by atoms with Gasteiger partial charge in [0.2, 0.25) is 0 Å². The van der Waals surface area contributed by atoms with Crippen LogP contribution >= 0.6 is 11.6 Å². The topological polar surface area (TPSA) is 34.1 Å². The summed E-state index contributed by atoms with van der Waals surface area (Å²) in [6.07, 6.45) is 2.01. The standard InChI is InChI=1S/C11H12ClFO2S/c12-10-5-9(3-4-11(10)13)7-16(14,15)6-8-1-2-8/h3-5,8H,1-2,6-7H2. The lowest BCUT2D eigenvalue weighted by Crippen LogP contribution is -2.10. The third-order valence-electron chi connectivity index (χ3n) is 2.56. The zero-order valence-electron chi connectivity index (χ0n) is 8.62. The molecule has 0 aliphatic heterocycles. The molecule has 0 aromatic heterocycles. The Morgan fingerprint density at radius 3 is 2.62 bits per heavy atom. The highest BCUT2D eigenvalue weighted by Crippen LogP contribution is 2.31. The highest BCUT2D eigenvalue weighted by Gasteiger charge is 2.28. The fourth-order valence-electron chi connectivity index (χ4n) is 1.59. The molecule has 1 aromatic carbocycles. The monoisotopic (exact) mass is 262 g/mol. The van der Waals surface area contributed by atoms with E-state index in [1.807, 2.05) is 0 Å². The van der Waals surface area contributed by atoms with E-state index in [4.69, 9.17) is 11.6 Å². The first-order valence-corrected chi connectivity index (χ1v) is 7.30. The second-order valence-corrected chi connectivity index (χ2v) is 6.76. The zero-order chi connectivity index (χ0) is 11.8. The predicted octanol–water partition coefficient (Wildman–Crippen LogP) is 2.80. The van der Waals surface area contributed by atoms with Gasteiger partial charge in [-0.1, -0.05) is 17.7 Å². The van der Waals surface area contributed by atoms with Gasteiger partial charge in [0.1, 0.15) is 5.82 Å². The molecule has 1 fully saturated rings. The van der Waals surface area contributed by atoms with Crippen LogP contribution in [0.5, 0.6) is 0 Å². The maximum atomic E-state index is 12.9. The number of benzene rings is 1. The van der Waals surface area contributed by atoms with Crippen molar-refractivity contribution < 1.29 is 12.8 Å². The van der Waals surface area contributed by atoms with Crippen LogP contribution < -0.4 is 0 Å². The molecule has 0 saturated heterocycles. The molecule has 1 saturated carbocycles. The highest BCUT2D eigenvalue weighted by atomic mass is 35.5. The third-order valence-corrected chi connectivity index (χ3v) is 4.60. The average Bonchev–Trinajstić information content (AvgIpc) is 2.94. The second kappa shape index (κ2) is 4.34. The average molecular weight is 263 g/mol. The quantitative estimate of drug-likeness (QED) is 0.836. The van der Waals surface area contributed by atoms with Gasteiger partial charge >= 0.3 is 0 Å². The number of rotatable bonds is 4. The van der Waals surface area contributed by atoms with Gasteiger partial charge in [-0.05, 0) is 36.5 Å². The van der Waals surface area contributed by atoms with Crippen LogP contribution in [0.4, 0.5) is 4.39 Å². The van der Waals surface area contributed by atoms with Gasteiger partial charge in [-0.25, -0.2) is 12.8 Å². The van der Waals surface area contributed by atoms with Gasteiger partial charge in [-0.3, -0.25) is 0 Å². The smallest absolute Gasteiger partial charge is 0.154 e. The lowest BCUT2D eigenvalue weighted by Gasteiger charge is -2.04. The summed E-state index contributed by atoms with van der Waals surface area (Å²) < 4.78 is 36.3. The number of hydrogen-bond acceptors (Lipinski definition) is 2. The molecular weight excluding hydrogens is 251 g/mol. The summed E-state index contributed by atoms with van der Waals surface area (Å²) in [6.45, 7) is 0. The summed E-state index contributed by atoms with van der Waals surface area (Å²) >= 11 is 5.59. The molecule has 1 aliphatic rings. The molecule has 0 amide bonds. The Morgan fingerprint density at radius 2 is 2.06 bits per heavy atom. The first kappa shape index (κ1) is 11.9.